The van der Waals surface area contributed by atoms with Gasteiger partial charge >= 0.3 is 0 Å². The lowest BCUT2D eigenvalue weighted by molar-refractivity contribution is -0.901. The maximum absolute atomic E-state index is 12.5. The summed E-state index contributed by atoms with van der Waals surface area (Å²) in [6.07, 6.45) is 2.64. The molecule has 2 N–H and O–H groups in total. The molecule has 3 aromatic rings. The number of carbonyl (C=O) groups excluding carboxylic acids is 1. The fraction of sp³-hybridized carbons (Fsp3) is 0.273. The highest BCUT2D eigenvalue weighted by Crippen LogP contribution is 2.12. The zero-order valence-electron chi connectivity index (χ0n) is 14.9. The zero-order valence-corrected chi connectivity index (χ0v) is 14.9. The molecule has 1 aliphatic rings. The first-order valence-electron chi connectivity index (χ1n) is 9.34. The van der Waals surface area contributed by atoms with E-state index in [0.717, 1.165) is 17.4 Å². The molecule has 1 fully saturated rings. The Labute approximate surface area is 153 Å². The van der Waals surface area contributed by atoms with Crippen molar-refractivity contribution < 1.29 is 9.69 Å². The number of hydrogen-bond acceptors (Lipinski definition) is 2. The minimum atomic E-state index is -0.126. The summed E-state index contributed by atoms with van der Waals surface area (Å²) in [5.41, 5.74) is 3.83. The topological polar surface area (TPSA) is 46.4 Å². The summed E-state index contributed by atoms with van der Waals surface area (Å²) >= 11 is 0. The molecule has 1 aromatic heterocycles. The summed E-state index contributed by atoms with van der Waals surface area (Å²) in [4.78, 5) is 18.7. The Morgan fingerprint density at radius 1 is 0.923 bits per heavy atom. The molecule has 1 saturated heterocycles. The number of nitrogens with one attached hydrogen (secondary N) is 2. The zero-order chi connectivity index (χ0) is 17.8. The number of nitrogens with zero attached hydrogens (tertiary/aromatic N) is 1. The number of aromatic nitrogens is 1. The normalized spacial score (nSPS) is 14.6. The van der Waals surface area contributed by atoms with Gasteiger partial charge < -0.3 is 10.2 Å². The Balaban J connectivity index is 1.45. The van der Waals surface area contributed by atoms with Crippen LogP contribution in [-0.2, 0) is 13.1 Å². The SMILES string of the molecule is O=C(NCc1ccccc1C[NH+]1CCCC1)c1ccc2ccccc2n1. The molecule has 4 nitrogen and oxygen atoms in total. The minimum Gasteiger partial charge on any atom is -0.347 e. The molecule has 1 aliphatic heterocycles. The lowest BCUT2D eigenvalue weighted by Gasteiger charge is -2.15. The van der Waals surface area contributed by atoms with Crippen molar-refractivity contribution >= 4 is 16.8 Å². The first-order chi connectivity index (χ1) is 12.8. The van der Waals surface area contributed by atoms with Gasteiger partial charge in [0.1, 0.15) is 12.2 Å². The van der Waals surface area contributed by atoms with Crippen molar-refractivity contribution in [3.63, 3.8) is 0 Å². The van der Waals surface area contributed by atoms with E-state index in [1.807, 2.05) is 36.4 Å². The fourth-order valence-corrected chi connectivity index (χ4v) is 3.68. The Morgan fingerprint density at radius 3 is 2.50 bits per heavy atom. The molecule has 132 valence electrons. The summed E-state index contributed by atoms with van der Waals surface area (Å²) in [6.45, 7) is 4.08. The first-order valence-corrected chi connectivity index (χ1v) is 9.34. The van der Waals surface area contributed by atoms with Gasteiger partial charge in [0.2, 0.25) is 0 Å². The van der Waals surface area contributed by atoms with Crippen molar-refractivity contribution in [1.29, 1.82) is 0 Å². The Kier molecular flexibility index (Phi) is 4.93. The quantitative estimate of drug-likeness (QED) is 0.745. The van der Waals surface area contributed by atoms with Crippen LogP contribution >= 0.6 is 0 Å². The second-order valence-corrected chi connectivity index (χ2v) is 6.97. The molecule has 0 radical (unpaired) electrons. The third kappa shape index (κ3) is 3.75. The molecule has 0 saturated carbocycles. The van der Waals surface area contributed by atoms with Crippen LogP contribution in [0.25, 0.3) is 10.9 Å². The van der Waals surface area contributed by atoms with Crippen LogP contribution in [0.4, 0.5) is 0 Å². The molecule has 4 rings (SSSR count). The lowest BCUT2D eigenvalue weighted by Crippen LogP contribution is -3.08. The Hall–Kier alpha value is -2.72. The molecule has 26 heavy (non-hydrogen) atoms. The molecule has 0 unspecified atom stereocenters. The maximum atomic E-state index is 12.5. The van der Waals surface area contributed by atoms with E-state index < -0.39 is 0 Å². The Bertz CT molecular complexity index is 916. The number of para-hydroxylation sites is 1. The summed E-state index contributed by atoms with van der Waals surface area (Å²) in [7, 11) is 0. The van der Waals surface area contributed by atoms with E-state index in [1.165, 1.54) is 37.1 Å². The van der Waals surface area contributed by atoms with Crippen LogP contribution < -0.4 is 10.2 Å². The van der Waals surface area contributed by atoms with Crippen LogP contribution in [0.3, 0.4) is 0 Å². The smallest absolute Gasteiger partial charge is 0.270 e. The van der Waals surface area contributed by atoms with E-state index in [9.17, 15) is 4.79 Å². The van der Waals surface area contributed by atoms with Crippen molar-refractivity contribution in [3.8, 4) is 0 Å². The predicted molar refractivity (Wildman–Crippen MR) is 103 cm³/mol. The number of quaternary nitrogens is 1. The molecular weight excluding hydrogens is 322 g/mol. The average molecular weight is 346 g/mol. The van der Waals surface area contributed by atoms with Crippen LogP contribution in [0.5, 0.6) is 0 Å². The molecule has 2 heterocycles. The van der Waals surface area contributed by atoms with Gasteiger partial charge in [-0.05, 0) is 17.7 Å². The number of pyridine rings is 1. The van der Waals surface area contributed by atoms with Gasteiger partial charge in [-0.2, -0.15) is 0 Å². The number of rotatable bonds is 5. The van der Waals surface area contributed by atoms with E-state index in [0.29, 0.717) is 12.2 Å². The van der Waals surface area contributed by atoms with Crippen molar-refractivity contribution in [2.45, 2.75) is 25.9 Å². The average Bonchev–Trinajstić information content (AvgIpc) is 3.20. The van der Waals surface area contributed by atoms with E-state index in [-0.39, 0.29) is 5.91 Å². The predicted octanol–water partition coefficient (Wildman–Crippen LogP) is 2.34. The van der Waals surface area contributed by atoms with Crippen LogP contribution in [0.2, 0.25) is 0 Å². The van der Waals surface area contributed by atoms with Crippen molar-refractivity contribution in [3.05, 3.63) is 77.5 Å². The van der Waals surface area contributed by atoms with E-state index >= 15 is 0 Å². The van der Waals surface area contributed by atoms with Crippen molar-refractivity contribution in [1.82, 2.24) is 10.3 Å². The summed E-state index contributed by atoms with van der Waals surface area (Å²) in [5, 5.41) is 4.08. The third-order valence-corrected chi connectivity index (χ3v) is 5.14. The molecule has 0 spiro atoms. The minimum absolute atomic E-state index is 0.126. The second-order valence-electron chi connectivity index (χ2n) is 6.97. The maximum Gasteiger partial charge on any atom is 0.270 e. The number of carbonyl (C=O) groups is 1. The van der Waals surface area contributed by atoms with Gasteiger partial charge in [0.05, 0.1) is 18.6 Å². The number of benzene rings is 2. The van der Waals surface area contributed by atoms with Crippen molar-refractivity contribution in [2.24, 2.45) is 0 Å². The number of amides is 1. The molecule has 0 atom stereocenters. The van der Waals surface area contributed by atoms with Gasteiger partial charge in [0.15, 0.2) is 0 Å². The van der Waals surface area contributed by atoms with E-state index in [4.69, 9.17) is 0 Å². The molecule has 2 aromatic carbocycles. The van der Waals surface area contributed by atoms with Crippen LogP contribution in [0.15, 0.2) is 60.7 Å². The standard InChI is InChI=1S/C22H23N3O/c26-22(21-12-11-17-7-3-4-10-20(17)24-21)23-15-18-8-1-2-9-19(18)16-25-13-5-6-14-25/h1-4,7-12H,5-6,13-16H2,(H,23,26)/p+1. The largest absolute Gasteiger partial charge is 0.347 e. The van der Waals surface area contributed by atoms with Gasteiger partial charge in [0, 0.05) is 30.3 Å². The van der Waals surface area contributed by atoms with Crippen LogP contribution in [-0.4, -0.2) is 24.0 Å². The number of hydrogen-bond donors (Lipinski definition) is 2. The second kappa shape index (κ2) is 7.67. The number of likely N-dealkylation sites (tertiary alicyclic amines) is 1. The Morgan fingerprint density at radius 2 is 1.65 bits per heavy atom. The van der Waals surface area contributed by atoms with Gasteiger partial charge in [-0.15, -0.1) is 0 Å². The number of fused-ring (bicyclic) bond motifs is 1. The van der Waals surface area contributed by atoms with Crippen molar-refractivity contribution in [2.75, 3.05) is 13.1 Å². The van der Waals surface area contributed by atoms with Crippen LogP contribution in [0.1, 0.15) is 34.5 Å². The summed E-state index contributed by atoms with van der Waals surface area (Å²) in [6, 6.07) is 20.0. The highest BCUT2D eigenvalue weighted by Gasteiger charge is 2.17. The highest BCUT2D eigenvalue weighted by molar-refractivity contribution is 5.94. The van der Waals surface area contributed by atoms with E-state index in [1.54, 1.807) is 11.0 Å². The molecule has 0 bridgehead atoms. The summed E-state index contributed by atoms with van der Waals surface area (Å²) in [5.74, 6) is -0.126. The highest BCUT2D eigenvalue weighted by atomic mass is 16.1. The first kappa shape index (κ1) is 16.7. The van der Waals surface area contributed by atoms with Gasteiger partial charge in [-0.25, -0.2) is 4.98 Å². The molecule has 1 amide bonds. The molecular formula is C22H24N3O+. The molecule has 0 aliphatic carbocycles. The summed E-state index contributed by atoms with van der Waals surface area (Å²) < 4.78 is 0. The van der Waals surface area contributed by atoms with E-state index in [2.05, 4.69) is 28.5 Å². The third-order valence-electron chi connectivity index (χ3n) is 5.14. The van der Waals surface area contributed by atoms with Crippen LogP contribution in [0, 0.1) is 0 Å². The monoisotopic (exact) mass is 346 g/mol. The van der Waals surface area contributed by atoms with Gasteiger partial charge in [-0.3, -0.25) is 4.79 Å². The lowest BCUT2D eigenvalue weighted by atomic mass is 10.1. The van der Waals surface area contributed by atoms with Gasteiger partial charge in [-0.1, -0.05) is 48.5 Å². The van der Waals surface area contributed by atoms with Gasteiger partial charge in [0.25, 0.3) is 5.91 Å². The molecule has 4 heteroatoms. The fourth-order valence-electron chi connectivity index (χ4n) is 3.68.